The highest BCUT2D eigenvalue weighted by molar-refractivity contribution is 6.42. The Hall–Kier alpha value is -2.08. The first-order valence-corrected chi connectivity index (χ1v) is 13.9. The van der Waals surface area contributed by atoms with Crippen molar-refractivity contribution in [3.8, 4) is 0 Å². The van der Waals surface area contributed by atoms with Gasteiger partial charge < -0.3 is 15.1 Å². The summed E-state index contributed by atoms with van der Waals surface area (Å²) in [5.41, 5.74) is 1.20. The fraction of sp³-hybridized carbons (Fsp3) is 0.517. The number of carbonyl (C=O) groups is 2. The number of likely N-dealkylation sites (tertiary alicyclic amines) is 2. The van der Waals surface area contributed by atoms with Crippen molar-refractivity contribution in [2.24, 2.45) is 0 Å². The van der Waals surface area contributed by atoms with Crippen LogP contribution in [0.3, 0.4) is 0 Å². The zero-order valence-corrected chi connectivity index (χ0v) is 22.8. The standard InChI is InChI=1S/C29H37Cl2N3O2/c1-3-26(21-8-5-4-6-9-21)32-28(36)29(2,22-11-12-24(30)25(31)20-22)15-19-33-17-13-23(14-18-33)34-16-7-10-27(34)35/h4-6,8-9,11-12,20,23,26H,3,7,10,13-19H2,1-2H3,(H,32,36)/t26-,29?/m0/s1. The van der Waals surface area contributed by atoms with Crippen LogP contribution in [0.4, 0.5) is 0 Å². The van der Waals surface area contributed by atoms with E-state index in [1.165, 1.54) is 0 Å². The lowest BCUT2D eigenvalue weighted by Gasteiger charge is -2.38. The van der Waals surface area contributed by atoms with Crippen molar-refractivity contribution in [2.75, 3.05) is 26.2 Å². The number of rotatable bonds is 9. The Bertz CT molecular complexity index is 1060. The Morgan fingerprint density at radius 3 is 2.42 bits per heavy atom. The Balaban J connectivity index is 1.47. The zero-order valence-electron chi connectivity index (χ0n) is 21.3. The molecule has 2 aliphatic rings. The predicted octanol–water partition coefficient (Wildman–Crippen LogP) is 6.00. The second-order valence-electron chi connectivity index (χ2n) is 10.3. The average molecular weight is 531 g/mol. The molecule has 2 aromatic rings. The van der Waals surface area contributed by atoms with E-state index in [1.54, 1.807) is 6.07 Å². The Morgan fingerprint density at radius 1 is 1.08 bits per heavy atom. The maximum absolute atomic E-state index is 13.9. The van der Waals surface area contributed by atoms with Crippen LogP contribution in [0, 0.1) is 0 Å². The summed E-state index contributed by atoms with van der Waals surface area (Å²) in [6.07, 6.45) is 5.13. The van der Waals surface area contributed by atoms with Crippen molar-refractivity contribution in [3.05, 3.63) is 69.7 Å². The Morgan fingerprint density at radius 2 is 1.81 bits per heavy atom. The van der Waals surface area contributed by atoms with E-state index in [1.807, 2.05) is 37.3 Å². The summed E-state index contributed by atoms with van der Waals surface area (Å²) in [6, 6.07) is 15.9. The van der Waals surface area contributed by atoms with Crippen LogP contribution in [0.5, 0.6) is 0 Å². The zero-order chi connectivity index (χ0) is 25.7. The van der Waals surface area contributed by atoms with Gasteiger partial charge in [0, 0.05) is 32.1 Å². The lowest BCUT2D eigenvalue weighted by atomic mass is 9.77. The number of amides is 2. The van der Waals surface area contributed by atoms with E-state index >= 15 is 0 Å². The molecule has 4 rings (SSSR count). The average Bonchev–Trinajstić information content (AvgIpc) is 3.33. The van der Waals surface area contributed by atoms with Crippen molar-refractivity contribution >= 4 is 35.0 Å². The summed E-state index contributed by atoms with van der Waals surface area (Å²) in [5.74, 6) is 0.301. The molecular formula is C29H37Cl2N3O2. The van der Waals surface area contributed by atoms with Crippen LogP contribution in [0.1, 0.15) is 69.5 Å². The third-order valence-corrected chi connectivity index (χ3v) is 8.75. The van der Waals surface area contributed by atoms with Gasteiger partial charge in [-0.15, -0.1) is 0 Å². The minimum absolute atomic E-state index is 0.00542. The van der Waals surface area contributed by atoms with Gasteiger partial charge in [0.2, 0.25) is 11.8 Å². The Kier molecular flexibility index (Phi) is 8.97. The molecule has 36 heavy (non-hydrogen) atoms. The molecule has 5 nitrogen and oxygen atoms in total. The number of carbonyl (C=O) groups excluding carboxylic acids is 2. The quantitative estimate of drug-likeness (QED) is 0.433. The normalized spacial score (nSPS) is 19.8. The highest BCUT2D eigenvalue weighted by Gasteiger charge is 2.38. The largest absolute Gasteiger partial charge is 0.349 e. The number of benzene rings is 2. The van der Waals surface area contributed by atoms with Gasteiger partial charge >= 0.3 is 0 Å². The van der Waals surface area contributed by atoms with Crippen molar-refractivity contribution in [2.45, 2.75) is 69.9 Å². The van der Waals surface area contributed by atoms with Gasteiger partial charge in [0.25, 0.3) is 0 Å². The van der Waals surface area contributed by atoms with Crippen molar-refractivity contribution in [3.63, 3.8) is 0 Å². The maximum Gasteiger partial charge on any atom is 0.230 e. The number of nitrogens with one attached hydrogen (secondary N) is 1. The fourth-order valence-corrected chi connectivity index (χ4v) is 5.84. The van der Waals surface area contributed by atoms with E-state index < -0.39 is 5.41 Å². The van der Waals surface area contributed by atoms with Gasteiger partial charge in [-0.25, -0.2) is 0 Å². The van der Waals surface area contributed by atoms with Crippen LogP contribution >= 0.6 is 23.2 Å². The van der Waals surface area contributed by atoms with Crippen molar-refractivity contribution in [1.82, 2.24) is 15.1 Å². The van der Waals surface area contributed by atoms with Crippen LogP contribution in [0.25, 0.3) is 0 Å². The van der Waals surface area contributed by atoms with Crippen molar-refractivity contribution < 1.29 is 9.59 Å². The summed E-state index contributed by atoms with van der Waals surface area (Å²) in [5, 5.41) is 4.26. The van der Waals surface area contributed by atoms with Gasteiger partial charge in [-0.2, -0.15) is 0 Å². The summed E-state index contributed by atoms with van der Waals surface area (Å²) < 4.78 is 0. The number of hydrogen-bond acceptors (Lipinski definition) is 3. The van der Waals surface area contributed by atoms with Crippen LogP contribution in [-0.2, 0) is 15.0 Å². The van der Waals surface area contributed by atoms with Gasteiger partial charge in [0.05, 0.1) is 21.5 Å². The Labute approximate surface area is 225 Å². The molecule has 194 valence electrons. The molecule has 0 radical (unpaired) electrons. The summed E-state index contributed by atoms with van der Waals surface area (Å²) >= 11 is 12.6. The number of hydrogen-bond donors (Lipinski definition) is 1. The minimum Gasteiger partial charge on any atom is -0.349 e. The molecule has 1 N–H and O–H groups in total. The van der Waals surface area contributed by atoms with E-state index in [0.717, 1.165) is 63.0 Å². The number of nitrogens with zero attached hydrogens (tertiary/aromatic N) is 2. The van der Waals surface area contributed by atoms with Gasteiger partial charge in [0.1, 0.15) is 0 Å². The first-order valence-electron chi connectivity index (χ1n) is 13.1. The highest BCUT2D eigenvalue weighted by atomic mass is 35.5. The van der Waals surface area contributed by atoms with Crippen molar-refractivity contribution in [1.29, 1.82) is 0 Å². The maximum atomic E-state index is 13.9. The second-order valence-corrected chi connectivity index (χ2v) is 11.1. The first-order chi connectivity index (χ1) is 17.3. The molecule has 0 aliphatic carbocycles. The van der Waals surface area contributed by atoms with Gasteiger partial charge in [0.15, 0.2) is 0 Å². The third kappa shape index (κ3) is 6.07. The molecular weight excluding hydrogens is 493 g/mol. The molecule has 0 spiro atoms. The minimum atomic E-state index is -0.766. The molecule has 0 bridgehead atoms. The molecule has 1 unspecified atom stereocenters. The molecule has 2 aromatic carbocycles. The summed E-state index contributed by atoms with van der Waals surface area (Å²) in [4.78, 5) is 30.6. The highest BCUT2D eigenvalue weighted by Crippen LogP contribution is 2.34. The summed E-state index contributed by atoms with van der Waals surface area (Å²) in [7, 11) is 0. The first kappa shape index (κ1) is 27.0. The predicted molar refractivity (Wildman–Crippen MR) is 146 cm³/mol. The molecule has 2 atom stereocenters. The van der Waals surface area contributed by atoms with E-state index in [2.05, 4.69) is 34.2 Å². The molecule has 2 fully saturated rings. The van der Waals surface area contributed by atoms with Gasteiger partial charge in [-0.1, -0.05) is 66.5 Å². The lowest BCUT2D eigenvalue weighted by Crippen LogP contribution is -2.48. The molecule has 0 aromatic heterocycles. The smallest absolute Gasteiger partial charge is 0.230 e. The second kappa shape index (κ2) is 12.0. The number of piperidine rings is 1. The topological polar surface area (TPSA) is 52.7 Å². The van der Waals surface area contributed by atoms with Gasteiger partial charge in [-0.05, 0) is 68.8 Å². The van der Waals surface area contributed by atoms with E-state index in [9.17, 15) is 9.59 Å². The number of halogens is 2. The van der Waals surface area contributed by atoms with E-state index in [0.29, 0.717) is 34.8 Å². The van der Waals surface area contributed by atoms with Crippen LogP contribution < -0.4 is 5.32 Å². The molecule has 2 heterocycles. The third-order valence-electron chi connectivity index (χ3n) is 8.01. The lowest BCUT2D eigenvalue weighted by molar-refractivity contribution is -0.131. The van der Waals surface area contributed by atoms with Gasteiger partial charge in [-0.3, -0.25) is 9.59 Å². The fourth-order valence-electron chi connectivity index (χ4n) is 5.54. The summed E-state index contributed by atoms with van der Waals surface area (Å²) in [6.45, 7) is 7.68. The molecule has 2 amide bonds. The monoisotopic (exact) mass is 529 g/mol. The van der Waals surface area contributed by atoms with Crippen LogP contribution in [-0.4, -0.2) is 53.8 Å². The van der Waals surface area contributed by atoms with E-state index in [4.69, 9.17) is 23.2 Å². The van der Waals surface area contributed by atoms with E-state index in [-0.39, 0.29) is 11.9 Å². The molecule has 7 heteroatoms. The van der Waals surface area contributed by atoms with Crippen LogP contribution in [0.2, 0.25) is 10.0 Å². The molecule has 2 aliphatic heterocycles. The molecule has 2 saturated heterocycles. The molecule has 0 saturated carbocycles. The van der Waals surface area contributed by atoms with Crippen LogP contribution in [0.15, 0.2) is 48.5 Å². The SMILES string of the molecule is CC[C@H](NC(=O)C(C)(CCN1CCC(N2CCCC2=O)CC1)c1ccc(Cl)c(Cl)c1)c1ccccc1.